The number of rotatable bonds is 7. The molecule has 2 aliphatic heterocycles. The van der Waals surface area contributed by atoms with Gasteiger partial charge in [-0.2, -0.15) is 4.31 Å². The van der Waals surface area contributed by atoms with Crippen LogP contribution < -0.4 is 10.6 Å². The Hall–Kier alpha value is -3.74. The number of nitrogens with zero attached hydrogens (tertiary/aromatic N) is 2. The van der Waals surface area contributed by atoms with Gasteiger partial charge in [-0.25, -0.2) is 13.2 Å². The fraction of sp³-hybridized carbons (Fsp3) is 0.292. The zero-order valence-electron chi connectivity index (χ0n) is 19.3. The van der Waals surface area contributed by atoms with Gasteiger partial charge in [0, 0.05) is 42.3 Å². The molecule has 5 rings (SSSR count). The Balaban J connectivity index is 1.23. The third-order valence-corrected chi connectivity index (χ3v) is 8.13. The van der Waals surface area contributed by atoms with Crippen LogP contribution in [0.4, 0.5) is 10.5 Å². The number of hydrogen-bond donors (Lipinski definition) is 3. The zero-order valence-corrected chi connectivity index (χ0v) is 20.1. The van der Waals surface area contributed by atoms with Gasteiger partial charge in [0.1, 0.15) is 12.6 Å². The summed E-state index contributed by atoms with van der Waals surface area (Å²) in [6, 6.07) is 12.1. The molecule has 3 N–H and O–H groups in total. The molecule has 2 aromatic carbocycles. The second-order valence-corrected chi connectivity index (χ2v) is 10.5. The number of carbonyl (C=O) groups excluding carboxylic acids is 3. The van der Waals surface area contributed by atoms with E-state index in [1.54, 1.807) is 12.3 Å². The van der Waals surface area contributed by atoms with Gasteiger partial charge < -0.3 is 20.4 Å². The number of benzene rings is 2. The Bertz CT molecular complexity index is 1430. The first-order valence-corrected chi connectivity index (χ1v) is 12.9. The van der Waals surface area contributed by atoms with Crippen molar-refractivity contribution in [2.75, 3.05) is 38.2 Å². The van der Waals surface area contributed by atoms with E-state index in [0.717, 1.165) is 21.4 Å². The molecule has 4 amide bonds. The van der Waals surface area contributed by atoms with E-state index in [2.05, 4.69) is 15.6 Å². The van der Waals surface area contributed by atoms with E-state index in [1.165, 1.54) is 22.5 Å². The molecule has 36 heavy (non-hydrogen) atoms. The summed E-state index contributed by atoms with van der Waals surface area (Å²) in [4.78, 5) is 42.0. The average Bonchev–Trinajstić information content (AvgIpc) is 3.41. The SMILES string of the molecule is O=C(CN1C(=O)N[C@@H](Cc2c[nH]c3ccccc23)C1=O)Nc1cccc(S(=O)(=O)N2CCOCC2)c1. The second kappa shape index (κ2) is 9.72. The fourth-order valence-electron chi connectivity index (χ4n) is 4.40. The molecule has 2 saturated heterocycles. The summed E-state index contributed by atoms with van der Waals surface area (Å²) in [6.45, 7) is 0.664. The number of imide groups is 1. The molecule has 0 spiro atoms. The van der Waals surface area contributed by atoms with Crippen LogP contribution in [0.5, 0.6) is 0 Å². The lowest BCUT2D eigenvalue weighted by molar-refractivity contribution is -0.130. The van der Waals surface area contributed by atoms with Crippen molar-refractivity contribution >= 4 is 44.5 Å². The number of H-pyrrole nitrogens is 1. The minimum absolute atomic E-state index is 0.0379. The molecule has 11 nitrogen and oxygen atoms in total. The molecule has 0 aliphatic carbocycles. The number of amides is 4. The Morgan fingerprint density at radius 2 is 1.86 bits per heavy atom. The maximum atomic E-state index is 12.9. The number of sulfonamides is 1. The van der Waals surface area contributed by atoms with Gasteiger partial charge in [-0.3, -0.25) is 14.5 Å². The predicted octanol–water partition coefficient (Wildman–Crippen LogP) is 1.29. The maximum Gasteiger partial charge on any atom is 0.325 e. The largest absolute Gasteiger partial charge is 0.379 e. The van der Waals surface area contributed by atoms with Crippen molar-refractivity contribution in [3.05, 3.63) is 60.3 Å². The number of urea groups is 1. The highest BCUT2D eigenvalue weighted by Crippen LogP contribution is 2.22. The zero-order chi connectivity index (χ0) is 25.3. The number of hydrogen-bond acceptors (Lipinski definition) is 6. The van der Waals surface area contributed by atoms with Crippen LogP contribution >= 0.6 is 0 Å². The lowest BCUT2D eigenvalue weighted by Crippen LogP contribution is -2.40. The number of para-hydroxylation sites is 1. The summed E-state index contributed by atoms with van der Waals surface area (Å²) in [5.41, 5.74) is 2.06. The van der Waals surface area contributed by atoms with Crippen molar-refractivity contribution in [3.63, 3.8) is 0 Å². The van der Waals surface area contributed by atoms with Crippen molar-refractivity contribution in [1.82, 2.24) is 19.5 Å². The van der Waals surface area contributed by atoms with Crippen LogP contribution in [0.25, 0.3) is 10.9 Å². The standard InChI is InChI=1S/C24H25N5O6S/c30-22(26-17-4-3-5-18(13-17)36(33,34)28-8-10-35-11-9-28)15-29-23(31)21(27-24(29)32)12-16-14-25-20-7-2-1-6-19(16)20/h1-7,13-14,21,25H,8-12,15H2,(H,26,30)(H,27,32)/t21-/m0/s1. The molecule has 0 radical (unpaired) electrons. The number of carbonyl (C=O) groups is 3. The van der Waals surface area contributed by atoms with Gasteiger partial charge in [-0.15, -0.1) is 0 Å². The maximum absolute atomic E-state index is 12.9. The summed E-state index contributed by atoms with van der Waals surface area (Å²) >= 11 is 0. The molecule has 188 valence electrons. The van der Waals surface area contributed by atoms with E-state index in [9.17, 15) is 22.8 Å². The highest BCUT2D eigenvalue weighted by Gasteiger charge is 2.39. The molecule has 0 unspecified atom stereocenters. The molecule has 2 aliphatic rings. The molecule has 0 bridgehead atoms. The first-order valence-electron chi connectivity index (χ1n) is 11.5. The highest BCUT2D eigenvalue weighted by atomic mass is 32.2. The summed E-state index contributed by atoms with van der Waals surface area (Å²) in [5.74, 6) is -1.11. The normalized spacial score (nSPS) is 19.0. The molecule has 3 aromatic rings. The Labute approximate surface area is 207 Å². The lowest BCUT2D eigenvalue weighted by Gasteiger charge is -2.26. The Kier molecular flexibility index (Phi) is 6.48. The quantitative estimate of drug-likeness (QED) is 0.408. The lowest BCUT2D eigenvalue weighted by atomic mass is 10.1. The van der Waals surface area contributed by atoms with Gasteiger partial charge in [0.25, 0.3) is 5.91 Å². The number of fused-ring (bicyclic) bond motifs is 1. The van der Waals surface area contributed by atoms with Gasteiger partial charge in [0.05, 0.1) is 18.1 Å². The van der Waals surface area contributed by atoms with Gasteiger partial charge in [0.2, 0.25) is 15.9 Å². The van der Waals surface area contributed by atoms with Crippen LogP contribution in [-0.4, -0.2) is 79.3 Å². The van der Waals surface area contributed by atoms with E-state index in [1.807, 2.05) is 24.3 Å². The predicted molar refractivity (Wildman–Crippen MR) is 131 cm³/mol. The number of anilines is 1. The van der Waals surface area contributed by atoms with E-state index in [0.29, 0.717) is 13.2 Å². The fourth-order valence-corrected chi connectivity index (χ4v) is 5.85. The van der Waals surface area contributed by atoms with Gasteiger partial charge in [0.15, 0.2) is 0 Å². The minimum Gasteiger partial charge on any atom is -0.379 e. The van der Waals surface area contributed by atoms with Crippen molar-refractivity contribution in [2.45, 2.75) is 17.4 Å². The molecule has 1 atom stereocenters. The smallest absolute Gasteiger partial charge is 0.325 e. The first-order chi connectivity index (χ1) is 17.3. The minimum atomic E-state index is -3.74. The van der Waals surface area contributed by atoms with Crippen LogP contribution in [0, 0.1) is 0 Å². The average molecular weight is 512 g/mol. The van der Waals surface area contributed by atoms with Crippen LogP contribution in [0.3, 0.4) is 0 Å². The van der Waals surface area contributed by atoms with Crippen molar-refractivity contribution in [1.29, 1.82) is 0 Å². The molecule has 0 saturated carbocycles. The number of aromatic nitrogens is 1. The monoisotopic (exact) mass is 511 g/mol. The van der Waals surface area contributed by atoms with Crippen molar-refractivity contribution < 1.29 is 27.5 Å². The number of morpholine rings is 1. The highest BCUT2D eigenvalue weighted by molar-refractivity contribution is 7.89. The number of aromatic amines is 1. The van der Waals surface area contributed by atoms with Crippen LogP contribution in [0.1, 0.15) is 5.56 Å². The van der Waals surface area contributed by atoms with E-state index >= 15 is 0 Å². The first kappa shape index (κ1) is 24.0. The summed E-state index contributed by atoms with van der Waals surface area (Å²) in [5, 5.41) is 6.19. The molecule has 12 heteroatoms. The van der Waals surface area contributed by atoms with Crippen LogP contribution in [0.15, 0.2) is 59.6 Å². The Morgan fingerprint density at radius 3 is 2.67 bits per heavy atom. The third-order valence-electron chi connectivity index (χ3n) is 6.23. The second-order valence-electron chi connectivity index (χ2n) is 8.58. The topological polar surface area (TPSA) is 141 Å². The number of nitrogens with one attached hydrogen (secondary N) is 3. The summed E-state index contributed by atoms with van der Waals surface area (Å²) in [7, 11) is -3.74. The van der Waals surface area contributed by atoms with Crippen molar-refractivity contribution in [2.24, 2.45) is 0 Å². The van der Waals surface area contributed by atoms with E-state index in [4.69, 9.17) is 4.74 Å². The number of ether oxygens (including phenoxy) is 1. The molecular weight excluding hydrogens is 486 g/mol. The van der Waals surface area contributed by atoms with Gasteiger partial charge >= 0.3 is 6.03 Å². The molecular formula is C24H25N5O6S. The molecule has 3 heterocycles. The van der Waals surface area contributed by atoms with Crippen molar-refractivity contribution in [3.8, 4) is 0 Å². The summed E-state index contributed by atoms with van der Waals surface area (Å²) in [6.07, 6.45) is 2.09. The van der Waals surface area contributed by atoms with Gasteiger partial charge in [-0.05, 0) is 29.8 Å². The molecule has 1 aromatic heterocycles. The molecule has 2 fully saturated rings. The van der Waals surface area contributed by atoms with E-state index in [-0.39, 0.29) is 30.1 Å². The Morgan fingerprint density at radius 1 is 1.08 bits per heavy atom. The summed E-state index contributed by atoms with van der Waals surface area (Å²) < 4.78 is 32.3. The van der Waals surface area contributed by atoms with Gasteiger partial charge in [-0.1, -0.05) is 24.3 Å². The third kappa shape index (κ3) is 4.70. The van der Waals surface area contributed by atoms with Crippen LogP contribution in [0.2, 0.25) is 0 Å². The van der Waals surface area contributed by atoms with Crippen LogP contribution in [-0.2, 0) is 30.8 Å². The van der Waals surface area contributed by atoms with E-state index < -0.39 is 40.5 Å².